The molecule has 0 aliphatic carbocycles. The van der Waals surface area contributed by atoms with E-state index >= 15 is 0 Å². The van der Waals surface area contributed by atoms with Gasteiger partial charge in [-0.3, -0.25) is 0 Å². The Bertz CT molecular complexity index is 1520. The number of anilines is 1. The van der Waals surface area contributed by atoms with Gasteiger partial charge >= 0.3 is 12.6 Å². The fraction of sp³-hybridized carbons (Fsp3) is 0.0345. The molecule has 4 aromatic carbocycles. The van der Waals surface area contributed by atoms with E-state index in [4.69, 9.17) is 16.3 Å². The Hall–Kier alpha value is -4.69. The third kappa shape index (κ3) is 5.99. The predicted molar refractivity (Wildman–Crippen MR) is 142 cm³/mol. The molecular formula is C29H20ClF2N3O3. The molecule has 9 heteroatoms. The summed E-state index contributed by atoms with van der Waals surface area (Å²) in [5.41, 5.74) is 3.74. The standard InChI is InChI=1S/C29H20ClF2N3O3/c30-21-8-6-20(7-9-21)27-26(19-4-2-1-3-5-19)18-35(34-27)29(36)33-22-10-12-23(13-11-22)37-24-14-16-25(17-15-24)38-28(31)32/h1-18,28H,(H,33,36). The average Bonchev–Trinajstić information content (AvgIpc) is 3.37. The molecule has 0 saturated heterocycles. The molecule has 0 atom stereocenters. The highest BCUT2D eigenvalue weighted by Crippen LogP contribution is 2.32. The predicted octanol–water partition coefficient (Wildman–Crippen LogP) is 8.34. The van der Waals surface area contributed by atoms with Crippen molar-refractivity contribution in [2.75, 3.05) is 5.32 Å². The monoisotopic (exact) mass is 531 g/mol. The van der Waals surface area contributed by atoms with E-state index in [9.17, 15) is 13.6 Å². The van der Waals surface area contributed by atoms with Gasteiger partial charge in [0.2, 0.25) is 0 Å². The Morgan fingerprint density at radius 1 is 0.789 bits per heavy atom. The van der Waals surface area contributed by atoms with Crippen LogP contribution in [0, 0.1) is 0 Å². The van der Waals surface area contributed by atoms with Crippen molar-refractivity contribution in [2.45, 2.75) is 6.61 Å². The SMILES string of the molecule is O=C(Nc1ccc(Oc2ccc(OC(F)F)cc2)cc1)n1cc(-c2ccccc2)c(-c2ccc(Cl)cc2)n1. The number of halogens is 3. The lowest BCUT2D eigenvalue weighted by Gasteiger charge is -2.09. The molecule has 1 heterocycles. The smallest absolute Gasteiger partial charge is 0.387 e. The van der Waals surface area contributed by atoms with Gasteiger partial charge in [0.1, 0.15) is 22.9 Å². The number of amides is 1. The van der Waals surface area contributed by atoms with E-state index < -0.39 is 12.6 Å². The molecule has 38 heavy (non-hydrogen) atoms. The fourth-order valence-corrected chi connectivity index (χ4v) is 3.87. The summed E-state index contributed by atoms with van der Waals surface area (Å²) in [5.74, 6) is 0.989. The van der Waals surface area contributed by atoms with Crippen molar-refractivity contribution in [1.29, 1.82) is 0 Å². The van der Waals surface area contributed by atoms with Crippen LogP contribution in [0.2, 0.25) is 5.02 Å². The summed E-state index contributed by atoms with van der Waals surface area (Å²) >= 11 is 6.05. The van der Waals surface area contributed by atoms with Gasteiger partial charge < -0.3 is 14.8 Å². The van der Waals surface area contributed by atoms with Crippen LogP contribution in [-0.2, 0) is 0 Å². The summed E-state index contributed by atoms with van der Waals surface area (Å²) in [5, 5.41) is 7.99. The van der Waals surface area contributed by atoms with Crippen LogP contribution in [-0.4, -0.2) is 22.4 Å². The molecule has 5 aromatic rings. The number of carbonyl (C=O) groups excluding carboxylic acids is 1. The van der Waals surface area contributed by atoms with Gasteiger partial charge in [-0.05, 0) is 66.2 Å². The van der Waals surface area contributed by atoms with E-state index in [0.717, 1.165) is 16.7 Å². The Morgan fingerprint density at radius 2 is 1.39 bits per heavy atom. The Kier molecular flexibility index (Phi) is 7.33. The van der Waals surface area contributed by atoms with Crippen molar-refractivity contribution in [3.05, 3.63) is 114 Å². The topological polar surface area (TPSA) is 65.4 Å². The summed E-state index contributed by atoms with van der Waals surface area (Å²) in [4.78, 5) is 13.1. The Balaban J connectivity index is 1.31. The van der Waals surface area contributed by atoms with E-state index in [1.807, 2.05) is 42.5 Å². The quantitative estimate of drug-likeness (QED) is 0.229. The van der Waals surface area contributed by atoms with Crippen LogP contribution in [0.25, 0.3) is 22.4 Å². The molecule has 1 aromatic heterocycles. The van der Waals surface area contributed by atoms with Crippen molar-refractivity contribution >= 4 is 23.3 Å². The molecule has 0 spiro atoms. The summed E-state index contributed by atoms with van der Waals surface area (Å²) < 4.78 is 35.9. The van der Waals surface area contributed by atoms with Crippen LogP contribution < -0.4 is 14.8 Å². The number of rotatable bonds is 7. The second kappa shape index (κ2) is 11.1. The van der Waals surface area contributed by atoms with Crippen LogP contribution in [0.4, 0.5) is 19.3 Å². The van der Waals surface area contributed by atoms with Gasteiger partial charge in [-0.2, -0.15) is 18.6 Å². The first-order valence-electron chi connectivity index (χ1n) is 11.5. The maximum Gasteiger partial charge on any atom is 0.387 e. The number of ether oxygens (including phenoxy) is 2. The lowest BCUT2D eigenvalue weighted by molar-refractivity contribution is -0.0498. The molecule has 0 radical (unpaired) electrons. The van der Waals surface area contributed by atoms with Crippen molar-refractivity contribution in [1.82, 2.24) is 9.78 Å². The van der Waals surface area contributed by atoms with E-state index in [2.05, 4.69) is 15.2 Å². The summed E-state index contributed by atoms with van der Waals surface area (Å²) in [6, 6.07) is 29.1. The van der Waals surface area contributed by atoms with Crippen molar-refractivity contribution in [3.63, 3.8) is 0 Å². The lowest BCUT2D eigenvalue weighted by atomic mass is 10.0. The highest BCUT2D eigenvalue weighted by molar-refractivity contribution is 6.30. The Labute approximate surface area is 222 Å². The van der Waals surface area contributed by atoms with E-state index in [1.165, 1.54) is 28.9 Å². The largest absolute Gasteiger partial charge is 0.457 e. The zero-order chi connectivity index (χ0) is 26.5. The molecule has 1 N–H and O–H groups in total. The molecule has 0 aliphatic rings. The summed E-state index contributed by atoms with van der Waals surface area (Å²) in [6.45, 7) is -2.89. The highest BCUT2D eigenvalue weighted by Gasteiger charge is 2.17. The van der Waals surface area contributed by atoms with Crippen LogP contribution in [0.5, 0.6) is 17.2 Å². The molecule has 0 unspecified atom stereocenters. The van der Waals surface area contributed by atoms with E-state index in [1.54, 1.807) is 42.6 Å². The molecular weight excluding hydrogens is 512 g/mol. The summed E-state index contributed by atoms with van der Waals surface area (Å²) in [6.07, 6.45) is 1.69. The van der Waals surface area contributed by atoms with Crippen LogP contribution in [0.3, 0.4) is 0 Å². The molecule has 5 rings (SSSR count). The van der Waals surface area contributed by atoms with Gasteiger partial charge in [-0.15, -0.1) is 0 Å². The fourth-order valence-electron chi connectivity index (χ4n) is 3.74. The summed E-state index contributed by atoms with van der Waals surface area (Å²) in [7, 11) is 0. The minimum absolute atomic E-state index is 0.0404. The van der Waals surface area contributed by atoms with Gasteiger partial charge in [-0.25, -0.2) is 4.79 Å². The van der Waals surface area contributed by atoms with Gasteiger partial charge in [-0.1, -0.05) is 54.1 Å². The Morgan fingerprint density at radius 3 is 2.03 bits per heavy atom. The minimum atomic E-state index is -2.89. The number of nitrogens with zero attached hydrogens (tertiary/aromatic N) is 2. The number of nitrogens with one attached hydrogen (secondary N) is 1. The zero-order valence-electron chi connectivity index (χ0n) is 19.7. The number of carbonyl (C=O) groups is 1. The number of hydrogen-bond donors (Lipinski definition) is 1. The van der Waals surface area contributed by atoms with Gasteiger partial charge in [0, 0.05) is 28.0 Å². The second-order valence-corrected chi connectivity index (χ2v) is 8.55. The number of alkyl halides is 2. The first-order valence-corrected chi connectivity index (χ1v) is 11.9. The van der Waals surface area contributed by atoms with Crippen molar-refractivity contribution in [3.8, 4) is 39.6 Å². The molecule has 190 valence electrons. The van der Waals surface area contributed by atoms with Crippen LogP contribution >= 0.6 is 11.6 Å². The highest BCUT2D eigenvalue weighted by atomic mass is 35.5. The normalized spacial score (nSPS) is 10.8. The molecule has 0 fully saturated rings. The first kappa shape index (κ1) is 25.0. The minimum Gasteiger partial charge on any atom is -0.457 e. The van der Waals surface area contributed by atoms with Crippen molar-refractivity contribution in [2.24, 2.45) is 0 Å². The van der Waals surface area contributed by atoms with Gasteiger partial charge in [0.15, 0.2) is 0 Å². The molecule has 0 bridgehead atoms. The van der Waals surface area contributed by atoms with Crippen LogP contribution in [0.1, 0.15) is 0 Å². The molecule has 0 saturated carbocycles. The third-order valence-corrected chi connectivity index (χ3v) is 5.77. The number of hydrogen-bond acceptors (Lipinski definition) is 4. The van der Waals surface area contributed by atoms with Gasteiger partial charge in [0.25, 0.3) is 0 Å². The van der Waals surface area contributed by atoms with Crippen molar-refractivity contribution < 1.29 is 23.0 Å². The first-order chi connectivity index (χ1) is 18.4. The molecule has 0 aliphatic heterocycles. The molecule has 6 nitrogen and oxygen atoms in total. The molecule has 1 amide bonds. The second-order valence-electron chi connectivity index (χ2n) is 8.12. The number of benzene rings is 4. The third-order valence-electron chi connectivity index (χ3n) is 5.51. The van der Waals surface area contributed by atoms with Crippen LogP contribution in [0.15, 0.2) is 109 Å². The average molecular weight is 532 g/mol. The number of aromatic nitrogens is 2. The maximum absolute atomic E-state index is 13.1. The van der Waals surface area contributed by atoms with E-state index in [-0.39, 0.29) is 5.75 Å². The lowest BCUT2D eigenvalue weighted by Crippen LogP contribution is -2.19. The zero-order valence-corrected chi connectivity index (χ0v) is 20.5. The van der Waals surface area contributed by atoms with Gasteiger partial charge in [0.05, 0.1) is 0 Å². The maximum atomic E-state index is 13.1. The van der Waals surface area contributed by atoms with E-state index in [0.29, 0.717) is 27.9 Å².